The molecular weight excluding hydrogens is 441 g/mol. The molecule has 1 atom stereocenters. The number of amides is 1. The van der Waals surface area contributed by atoms with E-state index in [0.29, 0.717) is 5.75 Å². The standard InChI is InChI=1S/C26H24FNO6/c1-33-22-11-10-16(12-23(22)34-15-21(29)19-8-4-5-9-20(19)27)24(30)28-26(25(31)32)13-17-6-2-3-7-18(17)14-26/h2-12,21,29H,13-15H2,1H3,(H,28,30)(H,31,32). The minimum atomic E-state index is -1.46. The molecule has 1 aliphatic rings. The summed E-state index contributed by atoms with van der Waals surface area (Å²) in [7, 11) is 1.42. The van der Waals surface area contributed by atoms with E-state index in [0.717, 1.165) is 11.1 Å². The van der Waals surface area contributed by atoms with Gasteiger partial charge in [0.15, 0.2) is 11.5 Å². The molecule has 34 heavy (non-hydrogen) atoms. The molecule has 7 nitrogen and oxygen atoms in total. The van der Waals surface area contributed by atoms with Crippen molar-refractivity contribution in [3.8, 4) is 11.5 Å². The molecule has 176 valence electrons. The number of rotatable bonds is 8. The minimum Gasteiger partial charge on any atom is -0.493 e. The second-order valence-electron chi connectivity index (χ2n) is 8.18. The SMILES string of the molecule is COc1ccc(C(=O)NC2(C(=O)O)Cc3ccccc3C2)cc1OCC(O)c1ccccc1F. The van der Waals surface area contributed by atoms with Gasteiger partial charge in [-0.3, -0.25) is 4.79 Å². The first-order valence-corrected chi connectivity index (χ1v) is 10.7. The Hall–Kier alpha value is -3.91. The molecule has 0 bridgehead atoms. The van der Waals surface area contributed by atoms with Gasteiger partial charge >= 0.3 is 5.97 Å². The molecule has 0 aromatic heterocycles. The highest BCUT2D eigenvalue weighted by molar-refractivity contribution is 5.99. The number of fused-ring (bicyclic) bond motifs is 1. The van der Waals surface area contributed by atoms with Crippen LogP contribution < -0.4 is 14.8 Å². The fraction of sp³-hybridized carbons (Fsp3) is 0.231. The van der Waals surface area contributed by atoms with Crippen molar-refractivity contribution in [1.29, 1.82) is 0 Å². The van der Waals surface area contributed by atoms with Crippen LogP contribution in [-0.2, 0) is 17.6 Å². The zero-order chi connectivity index (χ0) is 24.3. The normalized spacial score (nSPS) is 14.7. The molecule has 3 aromatic carbocycles. The second kappa shape index (κ2) is 9.52. The molecule has 3 aromatic rings. The van der Waals surface area contributed by atoms with Crippen LogP contribution in [0.15, 0.2) is 66.7 Å². The molecule has 0 saturated heterocycles. The predicted octanol–water partition coefficient (Wildman–Crippen LogP) is 3.30. The van der Waals surface area contributed by atoms with E-state index in [1.54, 1.807) is 6.07 Å². The first kappa shape index (κ1) is 23.3. The molecule has 0 fully saturated rings. The van der Waals surface area contributed by atoms with Crippen molar-refractivity contribution in [1.82, 2.24) is 5.32 Å². The maximum Gasteiger partial charge on any atom is 0.330 e. The summed E-state index contributed by atoms with van der Waals surface area (Å²) in [6, 6.07) is 17.6. The quantitative estimate of drug-likeness (QED) is 0.472. The van der Waals surface area contributed by atoms with E-state index in [2.05, 4.69) is 5.32 Å². The number of carboxylic acids is 1. The van der Waals surface area contributed by atoms with E-state index in [1.165, 1.54) is 43.5 Å². The number of ether oxygens (including phenoxy) is 2. The Labute approximate surface area is 195 Å². The lowest BCUT2D eigenvalue weighted by atomic mass is 9.95. The summed E-state index contributed by atoms with van der Waals surface area (Å²) in [6.07, 6.45) is -0.882. The second-order valence-corrected chi connectivity index (χ2v) is 8.18. The molecule has 0 aliphatic heterocycles. The highest BCUT2D eigenvalue weighted by atomic mass is 19.1. The molecule has 1 unspecified atom stereocenters. The Kier molecular flexibility index (Phi) is 6.51. The highest BCUT2D eigenvalue weighted by Gasteiger charge is 2.45. The van der Waals surface area contributed by atoms with Gasteiger partial charge < -0.3 is 25.0 Å². The number of carboxylic acid groups (broad SMARTS) is 1. The lowest BCUT2D eigenvalue weighted by Gasteiger charge is -2.25. The van der Waals surface area contributed by atoms with Crippen molar-refractivity contribution >= 4 is 11.9 Å². The van der Waals surface area contributed by atoms with Crippen LogP contribution in [0.25, 0.3) is 0 Å². The number of aliphatic hydroxyl groups is 1. The van der Waals surface area contributed by atoms with Crippen LogP contribution in [0.5, 0.6) is 11.5 Å². The van der Waals surface area contributed by atoms with Gasteiger partial charge in [-0.2, -0.15) is 0 Å². The Balaban J connectivity index is 1.52. The lowest BCUT2D eigenvalue weighted by Crippen LogP contribution is -2.55. The average Bonchev–Trinajstić information content (AvgIpc) is 3.22. The Morgan fingerprint density at radius 1 is 1.03 bits per heavy atom. The van der Waals surface area contributed by atoms with Crippen LogP contribution in [0.4, 0.5) is 4.39 Å². The number of benzene rings is 3. The topological polar surface area (TPSA) is 105 Å². The number of methoxy groups -OCH3 is 1. The van der Waals surface area contributed by atoms with E-state index < -0.39 is 29.3 Å². The van der Waals surface area contributed by atoms with Crippen LogP contribution in [0.3, 0.4) is 0 Å². The molecule has 4 rings (SSSR count). The fourth-order valence-electron chi connectivity index (χ4n) is 4.13. The van der Waals surface area contributed by atoms with E-state index in [9.17, 15) is 24.2 Å². The van der Waals surface area contributed by atoms with Crippen molar-refractivity contribution in [2.75, 3.05) is 13.7 Å². The number of hydrogen-bond donors (Lipinski definition) is 3. The van der Waals surface area contributed by atoms with Crippen molar-refractivity contribution < 1.29 is 33.7 Å². The summed E-state index contributed by atoms with van der Waals surface area (Å²) in [5.74, 6) is -1.80. The lowest BCUT2D eigenvalue weighted by molar-refractivity contribution is -0.144. The summed E-state index contributed by atoms with van der Waals surface area (Å²) >= 11 is 0. The third kappa shape index (κ3) is 4.58. The maximum absolute atomic E-state index is 13.9. The monoisotopic (exact) mass is 465 g/mol. The van der Waals surface area contributed by atoms with Crippen molar-refractivity contribution in [2.24, 2.45) is 0 Å². The molecule has 8 heteroatoms. The number of halogens is 1. The van der Waals surface area contributed by atoms with E-state index in [4.69, 9.17) is 9.47 Å². The molecule has 3 N–H and O–H groups in total. The van der Waals surface area contributed by atoms with Gasteiger partial charge in [0.2, 0.25) is 0 Å². The molecule has 0 saturated carbocycles. The number of aliphatic carboxylic acids is 1. The average molecular weight is 465 g/mol. The molecule has 0 radical (unpaired) electrons. The van der Waals surface area contributed by atoms with Crippen LogP contribution in [0.1, 0.15) is 33.2 Å². The predicted molar refractivity (Wildman–Crippen MR) is 122 cm³/mol. The minimum absolute atomic E-state index is 0.0829. The summed E-state index contributed by atoms with van der Waals surface area (Å²) < 4.78 is 24.8. The van der Waals surface area contributed by atoms with E-state index in [1.807, 2.05) is 24.3 Å². The van der Waals surface area contributed by atoms with Gasteiger partial charge in [-0.25, -0.2) is 9.18 Å². The van der Waals surface area contributed by atoms with Crippen molar-refractivity contribution in [2.45, 2.75) is 24.5 Å². The maximum atomic E-state index is 13.9. The van der Waals surface area contributed by atoms with Crippen molar-refractivity contribution in [3.05, 3.63) is 94.8 Å². The van der Waals surface area contributed by atoms with E-state index >= 15 is 0 Å². The number of nitrogens with one attached hydrogen (secondary N) is 1. The Morgan fingerprint density at radius 2 is 1.68 bits per heavy atom. The van der Waals surface area contributed by atoms with Gasteiger partial charge in [-0.15, -0.1) is 0 Å². The number of aliphatic hydroxyl groups excluding tert-OH is 1. The number of hydrogen-bond acceptors (Lipinski definition) is 5. The summed E-state index contributed by atoms with van der Waals surface area (Å²) in [5, 5.41) is 22.9. The zero-order valence-corrected chi connectivity index (χ0v) is 18.5. The van der Waals surface area contributed by atoms with Crippen LogP contribution in [-0.4, -0.2) is 41.3 Å². The third-order valence-corrected chi connectivity index (χ3v) is 5.95. The summed E-state index contributed by atoms with van der Waals surface area (Å²) in [5.41, 5.74) is 0.549. The molecular formula is C26H24FNO6. The number of carbonyl (C=O) groups is 2. The van der Waals surface area contributed by atoms with Crippen LogP contribution in [0.2, 0.25) is 0 Å². The smallest absolute Gasteiger partial charge is 0.330 e. The fourth-order valence-corrected chi connectivity index (χ4v) is 4.13. The van der Waals surface area contributed by atoms with E-state index in [-0.39, 0.29) is 36.3 Å². The third-order valence-electron chi connectivity index (χ3n) is 5.95. The van der Waals surface area contributed by atoms with Crippen molar-refractivity contribution in [3.63, 3.8) is 0 Å². The summed E-state index contributed by atoms with van der Waals surface area (Å²) in [4.78, 5) is 25.2. The molecule has 0 spiro atoms. The first-order valence-electron chi connectivity index (χ1n) is 10.7. The van der Waals surface area contributed by atoms with Gasteiger partial charge in [-0.05, 0) is 35.4 Å². The summed E-state index contributed by atoms with van der Waals surface area (Å²) in [6.45, 7) is -0.281. The largest absolute Gasteiger partial charge is 0.493 e. The molecule has 1 aliphatic carbocycles. The highest BCUT2D eigenvalue weighted by Crippen LogP contribution is 2.32. The van der Waals surface area contributed by atoms with Gasteiger partial charge in [0, 0.05) is 24.0 Å². The zero-order valence-electron chi connectivity index (χ0n) is 18.5. The van der Waals surface area contributed by atoms with Crippen LogP contribution in [0, 0.1) is 5.82 Å². The Bertz CT molecular complexity index is 1200. The molecule has 0 heterocycles. The van der Waals surface area contributed by atoms with Gasteiger partial charge in [0.05, 0.1) is 7.11 Å². The van der Waals surface area contributed by atoms with Gasteiger partial charge in [0.1, 0.15) is 24.1 Å². The first-order chi connectivity index (χ1) is 16.3. The molecule has 1 amide bonds. The van der Waals surface area contributed by atoms with Crippen LogP contribution >= 0.6 is 0 Å². The number of carbonyl (C=O) groups excluding carboxylic acids is 1. The Morgan fingerprint density at radius 3 is 2.29 bits per heavy atom. The van der Waals surface area contributed by atoms with Gasteiger partial charge in [-0.1, -0.05) is 42.5 Å². The van der Waals surface area contributed by atoms with Gasteiger partial charge in [0.25, 0.3) is 5.91 Å².